The Labute approximate surface area is 82.3 Å². The number of hydrogen-bond acceptors (Lipinski definition) is 2. The van der Waals surface area contributed by atoms with Crippen molar-refractivity contribution in [3.8, 4) is 0 Å². The van der Waals surface area contributed by atoms with Crippen LogP contribution in [0.2, 0.25) is 0 Å². The molecule has 1 aromatic carbocycles. The van der Waals surface area contributed by atoms with Crippen molar-refractivity contribution in [3.05, 3.63) is 23.8 Å². The summed E-state index contributed by atoms with van der Waals surface area (Å²) in [6, 6.07) is 5.32. The molecule has 4 heteroatoms. The van der Waals surface area contributed by atoms with Gasteiger partial charge in [-0.05, 0) is 24.6 Å². The van der Waals surface area contributed by atoms with Crippen molar-refractivity contribution in [1.29, 1.82) is 0 Å². The molecule has 14 heavy (non-hydrogen) atoms. The number of aryl methyl sites for hydroxylation is 1. The fraction of sp³-hybridized carbons (Fsp3) is 0.400. The summed E-state index contributed by atoms with van der Waals surface area (Å²) in [5.41, 5.74) is 7.98. The minimum atomic E-state index is -2.33. The van der Waals surface area contributed by atoms with Crippen molar-refractivity contribution in [2.24, 2.45) is 0 Å². The van der Waals surface area contributed by atoms with Crippen LogP contribution in [0.5, 0.6) is 0 Å². The quantitative estimate of drug-likeness (QED) is 0.758. The summed E-state index contributed by atoms with van der Waals surface area (Å²) in [5, 5.41) is 0. The molecule has 0 unspecified atom stereocenters. The van der Waals surface area contributed by atoms with E-state index in [1.165, 1.54) is 4.90 Å². The van der Waals surface area contributed by atoms with E-state index in [0.29, 0.717) is 11.4 Å². The van der Waals surface area contributed by atoms with Gasteiger partial charge in [-0.3, -0.25) is 0 Å². The molecule has 1 rings (SSSR count). The average Bonchev–Trinajstić information content (AvgIpc) is 2.08. The Kier molecular flexibility index (Phi) is 3.28. The monoisotopic (exact) mass is 200 g/mol. The fourth-order valence-corrected chi connectivity index (χ4v) is 1.18. The van der Waals surface area contributed by atoms with E-state index in [1.54, 1.807) is 19.2 Å². The van der Waals surface area contributed by atoms with Gasteiger partial charge in [-0.1, -0.05) is 6.07 Å². The first-order valence-corrected chi connectivity index (χ1v) is 4.36. The SMILES string of the molecule is Cc1ccc(N(C)CC(F)F)cc1N. The molecule has 0 amide bonds. The third-order valence-corrected chi connectivity index (χ3v) is 2.12. The molecule has 2 N–H and O–H groups in total. The van der Waals surface area contributed by atoms with E-state index in [-0.39, 0.29) is 6.54 Å². The van der Waals surface area contributed by atoms with Crippen LogP contribution < -0.4 is 10.6 Å². The third kappa shape index (κ3) is 2.58. The molecule has 2 nitrogen and oxygen atoms in total. The standard InChI is InChI=1S/C10H14F2N2/c1-7-3-4-8(5-9(7)13)14(2)6-10(11)12/h3-5,10H,6,13H2,1-2H3. The maximum Gasteiger partial charge on any atom is 0.255 e. The zero-order valence-electron chi connectivity index (χ0n) is 8.30. The number of hydrogen-bond donors (Lipinski definition) is 1. The number of nitrogen functional groups attached to an aromatic ring is 1. The van der Waals surface area contributed by atoms with Crippen LogP contribution in [0, 0.1) is 6.92 Å². The summed E-state index contributed by atoms with van der Waals surface area (Å²) < 4.78 is 24.2. The number of nitrogens with two attached hydrogens (primary N) is 1. The molecule has 78 valence electrons. The summed E-state index contributed by atoms with van der Waals surface area (Å²) >= 11 is 0. The van der Waals surface area contributed by atoms with Crippen LogP contribution in [-0.4, -0.2) is 20.0 Å². The summed E-state index contributed by atoms with van der Waals surface area (Å²) in [6.07, 6.45) is -2.33. The summed E-state index contributed by atoms with van der Waals surface area (Å²) in [4.78, 5) is 1.49. The lowest BCUT2D eigenvalue weighted by Gasteiger charge is -2.19. The predicted molar refractivity (Wildman–Crippen MR) is 54.9 cm³/mol. The molecule has 0 saturated heterocycles. The zero-order valence-corrected chi connectivity index (χ0v) is 8.30. The van der Waals surface area contributed by atoms with Gasteiger partial charge in [0.2, 0.25) is 0 Å². The highest BCUT2D eigenvalue weighted by Gasteiger charge is 2.08. The highest BCUT2D eigenvalue weighted by atomic mass is 19.3. The van der Waals surface area contributed by atoms with Gasteiger partial charge in [0, 0.05) is 18.4 Å². The molecule has 0 fully saturated rings. The van der Waals surface area contributed by atoms with Crippen LogP contribution in [0.3, 0.4) is 0 Å². The van der Waals surface area contributed by atoms with Crippen LogP contribution in [0.1, 0.15) is 5.56 Å². The average molecular weight is 200 g/mol. The molecule has 0 aromatic heterocycles. The molecule has 0 saturated carbocycles. The maximum atomic E-state index is 12.1. The van der Waals surface area contributed by atoms with Crippen molar-refractivity contribution < 1.29 is 8.78 Å². The summed E-state index contributed by atoms with van der Waals surface area (Å²) in [5.74, 6) is 0. The van der Waals surface area contributed by atoms with Gasteiger partial charge >= 0.3 is 0 Å². The van der Waals surface area contributed by atoms with Crippen molar-refractivity contribution in [1.82, 2.24) is 0 Å². The molecular formula is C10H14F2N2. The highest BCUT2D eigenvalue weighted by molar-refractivity contribution is 5.59. The molecule has 1 aromatic rings. The summed E-state index contributed by atoms with van der Waals surface area (Å²) in [6.45, 7) is 1.61. The van der Waals surface area contributed by atoms with Crippen molar-refractivity contribution in [2.45, 2.75) is 13.3 Å². The Hall–Kier alpha value is -1.32. The van der Waals surface area contributed by atoms with Crippen LogP contribution in [0.25, 0.3) is 0 Å². The van der Waals surface area contributed by atoms with Gasteiger partial charge in [-0.15, -0.1) is 0 Å². The normalized spacial score (nSPS) is 10.6. The zero-order chi connectivity index (χ0) is 10.7. The number of alkyl halides is 2. The number of nitrogens with zero attached hydrogens (tertiary/aromatic N) is 1. The van der Waals surface area contributed by atoms with Crippen molar-refractivity contribution in [3.63, 3.8) is 0 Å². The van der Waals surface area contributed by atoms with Crippen LogP contribution in [0.4, 0.5) is 20.2 Å². The van der Waals surface area contributed by atoms with E-state index in [1.807, 2.05) is 13.0 Å². The van der Waals surface area contributed by atoms with Crippen molar-refractivity contribution in [2.75, 3.05) is 24.2 Å². The smallest absolute Gasteiger partial charge is 0.255 e. The van der Waals surface area contributed by atoms with E-state index in [4.69, 9.17) is 5.73 Å². The highest BCUT2D eigenvalue weighted by Crippen LogP contribution is 2.20. The molecule has 0 heterocycles. The second-order valence-corrected chi connectivity index (χ2v) is 3.31. The Balaban J connectivity index is 2.80. The van der Waals surface area contributed by atoms with Gasteiger partial charge in [0.15, 0.2) is 0 Å². The minimum absolute atomic E-state index is 0.275. The first-order chi connectivity index (χ1) is 6.50. The largest absolute Gasteiger partial charge is 0.398 e. The Morgan fingerprint density at radius 2 is 2.07 bits per heavy atom. The van der Waals surface area contributed by atoms with Crippen LogP contribution in [-0.2, 0) is 0 Å². The van der Waals surface area contributed by atoms with Crippen molar-refractivity contribution >= 4 is 11.4 Å². The Bertz CT molecular complexity index is 313. The second-order valence-electron chi connectivity index (χ2n) is 3.31. The molecule has 0 aliphatic heterocycles. The van der Waals surface area contributed by atoms with Gasteiger partial charge in [0.25, 0.3) is 6.43 Å². The van der Waals surface area contributed by atoms with E-state index >= 15 is 0 Å². The predicted octanol–water partition coefficient (Wildman–Crippen LogP) is 2.28. The van der Waals surface area contributed by atoms with E-state index < -0.39 is 6.43 Å². The Morgan fingerprint density at radius 3 is 2.57 bits per heavy atom. The molecular weight excluding hydrogens is 186 g/mol. The molecule has 0 atom stereocenters. The lowest BCUT2D eigenvalue weighted by Crippen LogP contribution is -2.24. The topological polar surface area (TPSA) is 29.3 Å². The Morgan fingerprint density at radius 1 is 1.43 bits per heavy atom. The van der Waals surface area contributed by atoms with Crippen LogP contribution >= 0.6 is 0 Å². The van der Waals surface area contributed by atoms with Gasteiger partial charge in [-0.25, -0.2) is 8.78 Å². The molecule has 0 aliphatic rings. The van der Waals surface area contributed by atoms with Gasteiger partial charge < -0.3 is 10.6 Å². The molecule has 0 radical (unpaired) electrons. The number of halogens is 2. The van der Waals surface area contributed by atoms with Gasteiger partial charge in [0.1, 0.15) is 0 Å². The lowest BCUT2D eigenvalue weighted by molar-refractivity contribution is 0.156. The second kappa shape index (κ2) is 4.26. The minimum Gasteiger partial charge on any atom is -0.398 e. The molecule has 0 aliphatic carbocycles. The number of anilines is 2. The van der Waals surface area contributed by atoms with E-state index in [2.05, 4.69) is 0 Å². The first kappa shape index (κ1) is 10.8. The lowest BCUT2D eigenvalue weighted by atomic mass is 10.2. The number of rotatable bonds is 3. The number of benzene rings is 1. The van der Waals surface area contributed by atoms with E-state index in [9.17, 15) is 8.78 Å². The maximum absolute atomic E-state index is 12.1. The molecule has 0 bridgehead atoms. The van der Waals surface area contributed by atoms with Gasteiger partial charge in [-0.2, -0.15) is 0 Å². The third-order valence-electron chi connectivity index (χ3n) is 2.12. The first-order valence-electron chi connectivity index (χ1n) is 4.36. The fourth-order valence-electron chi connectivity index (χ4n) is 1.18. The van der Waals surface area contributed by atoms with Crippen LogP contribution in [0.15, 0.2) is 18.2 Å². The summed E-state index contributed by atoms with van der Waals surface area (Å²) in [7, 11) is 1.62. The van der Waals surface area contributed by atoms with E-state index in [0.717, 1.165) is 5.56 Å². The molecule has 0 spiro atoms. The van der Waals surface area contributed by atoms with Gasteiger partial charge in [0.05, 0.1) is 6.54 Å².